The van der Waals surface area contributed by atoms with E-state index in [0.717, 1.165) is 19.7 Å². The SMILES string of the molecule is COCCN1CCc2ccccc2C1. The van der Waals surface area contributed by atoms with Crippen molar-refractivity contribution >= 4 is 0 Å². The van der Waals surface area contributed by atoms with Gasteiger partial charge >= 0.3 is 0 Å². The number of rotatable bonds is 3. The molecule has 0 amide bonds. The summed E-state index contributed by atoms with van der Waals surface area (Å²) in [5.74, 6) is 0. The molecule has 2 heteroatoms. The topological polar surface area (TPSA) is 12.5 Å². The number of methoxy groups -OCH3 is 1. The van der Waals surface area contributed by atoms with Crippen molar-refractivity contribution in [3.63, 3.8) is 0 Å². The molecule has 0 aliphatic carbocycles. The van der Waals surface area contributed by atoms with Crippen molar-refractivity contribution in [3.05, 3.63) is 35.4 Å². The summed E-state index contributed by atoms with van der Waals surface area (Å²) in [6.07, 6.45) is 1.18. The summed E-state index contributed by atoms with van der Waals surface area (Å²) in [5.41, 5.74) is 3.00. The van der Waals surface area contributed by atoms with Crippen LogP contribution in [-0.2, 0) is 17.7 Å². The first kappa shape index (κ1) is 9.69. The van der Waals surface area contributed by atoms with Crippen LogP contribution in [0.2, 0.25) is 0 Å². The van der Waals surface area contributed by atoms with Gasteiger partial charge in [0.15, 0.2) is 0 Å². The monoisotopic (exact) mass is 191 g/mol. The van der Waals surface area contributed by atoms with Crippen molar-refractivity contribution < 1.29 is 4.74 Å². The molecule has 76 valence electrons. The van der Waals surface area contributed by atoms with Gasteiger partial charge in [-0.3, -0.25) is 4.90 Å². The maximum absolute atomic E-state index is 5.09. The summed E-state index contributed by atoms with van der Waals surface area (Å²) in [6.45, 7) is 4.13. The fourth-order valence-corrected chi connectivity index (χ4v) is 1.97. The largest absolute Gasteiger partial charge is 0.383 e. The molecule has 1 aromatic carbocycles. The first-order valence-corrected chi connectivity index (χ1v) is 5.18. The Morgan fingerprint density at radius 2 is 2.07 bits per heavy atom. The lowest BCUT2D eigenvalue weighted by molar-refractivity contribution is 0.141. The van der Waals surface area contributed by atoms with Crippen LogP contribution in [0, 0.1) is 0 Å². The highest BCUT2D eigenvalue weighted by atomic mass is 16.5. The van der Waals surface area contributed by atoms with Crippen molar-refractivity contribution in [2.24, 2.45) is 0 Å². The van der Waals surface area contributed by atoms with Gasteiger partial charge in [0.1, 0.15) is 0 Å². The fourth-order valence-electron chi connectivity index (χ4n) is 1.97. The van der Waals surface area contributed by atoms with E-state index < -0.39 is 0 Å². The molecule has 0 saturated heterocycles. The molecule has 0 fully saturated rings. The van der Waals surface area contributed by atoms with Gasteiger partial charge in [-0.1, -0.05) is 24.3 Å². The standard InChI is InChI=1S/C12H17NO/c1-14-9-8-13-7-6-11-4-2-3-5-12(11)10-13/h2-5H,6-10H2,1H3. The lowest BCUT2D eigenvalue weighted by atomic mass is 10.0. The van der Waals surface area contributed by atoms with E-state index in [1.165, 1.54) is 24.1 Å². The molecule has 0 aromatic heterocycles. The Bertz CT molecular complexity index is 298. The number of hydrogen-bond donors (Lipinski definition) is 0. The Hall–Kier alpha value is -0.860. The van der Waals surface area contributed by atoms with Crippen LogP contribution in [0.3, 0.4) is 0 Å². The summed E-state index contributed by atoms with van der Waals surface area (Å²) in [4.78, 5) is 2.45. The first-order chi connectivity index (χ1) is 6.90. The highest BCUT2D eigenvalue weighted by Gasteiger charge is 2.14. The normalized spacial score (nSPS) is 16.6. The van der Waals surface area contributed by atoms with Gasteiger partial charge in [-0.25, -0.2) is 0 Å². The van der Waals surface area contributed by atoms with E-state index in [1.807, 2.05) is 0 Å². The molecule has 0 bridgehead atoms. The van der Waals surface area contributed by atoms with Gasteiger partial charge < -0.3 is 4.74 Å². The van der Waals surface area contributed by atoms with Crippen molar-refractivity contribution in [2.45, 2.75) is 13.0 Å². The Labute approximate surface area is 85.5 Å². The molecule has 1 aromatic rings. The highest BCUT2D eigenvalue weighted by Crippen LogP contribution is 2.17. The second kappa shape index (κ2) is 4.58. The molecule has 0 radical (unpaired) electrons. The summed E-state index contributed by atoms with van der Waals surface area (Å²) < 4.78 is 5.09. The van der Waals surface area contributed by atoms with Gasteiger partial charge in [0, 0.05) is 26.7 Å². The number of hydrogen-bond acceptors (Lipinski definition) is 2. The van der Waals surface area contributed by atoms with Crippen LogP contribution in [-0.4, -0.2) is 31.7 Å². The second-order valence-electron chi connectivity index (χ2n) is 3.79. The molecule has 1 aliphatic rings. The summed E-state index contributed by atoms with van der Waals surface area (Å²) in [6, 6.07) is 8.72. The van der Waals surface area contributed by atoms with Gasteiger partial charge in [0.05, 0.1) is 6.61 Å². The molecule has 0 atom stereocenters. The Kier molecular flexibility index (Phi) is 3.17. The molecular weight excluding hydrogens is 174 g/mol. The van der Waals surface area contributed by atoms with Gasteiger partial charge in [-0.05, 0) is 17.5 Å². The summed E-state index contributed by atoms with van der Waals surface area (Å²) >= 11 is 0. The van der Waals surface area contributed by atoms with E-state index in [0.29, 0.717) is 0 Å². The van der Waals surface area contributed by atoms with Crippen molar-refractivity contribution in [1.29, 1.82) is 0 Å². The zero-order valence-electron chi connectivity index (χ0n) is 8.70. The number of nitrogens with zero attached hydrogens (tertiary/aromatic N) is 1. The predicted molar refractivity (Wildman–Crippen MR) is 57.3 cm³/mol. The van der Waals surface area contributed by atoms with Gasteiger partial charge in [-0.15, -0.1) is 0 Å². The summed E-state index contributed by atoms with van der Waals surface area (Å²) in [5, 5.41) is 0. The van der Waals surface area contributed by atoms with Crippen LogP contribution in [0.15, 0.2) is 24.3 Å². The molecule has 1 heterocycles. The molecule has 1 aliphatic heterocycles. The molecule has 0 saturated carbocycles. The Balaban J connectivity index is 1.99. The third-order valence-electron chi connectivity index (χ3n) is 2.82. The Morgan fingerprint density at radius 3 is 2.86 bits per heavy atom. The van der Waals surface area contributed by atoms with Gasteiger partial charge in [0.2, 0.25) is 0 Å². The predicted octanol–water partition coefficient (Wildman–Crippen LogP) is 1.69. The maximum Gasteiger partial charge on any atom is 0.0589 e. The number of ether oxygens (including phenoxy) is 1. The minimum atomic E-state index is 0.835. The van der Waals surface area contributed by atoms with Crippen molar-refractivity contribution in [3.8, 4) is 0 Å². The third-order valence-corrected chi connectivity index (χ3v) is 2.82. The molecular formula is C12H17NO. The van der Waals surface area contributed by atoms with E-state index in [9.17, 15) is 0 Å². The van der Waals surface area contributed by atoms with Crippen LogP contribution >= 0.6 is 0 Å². The molecule has 0 spiro atoms. The molecule has 2 nitrogen and oxygen atoms in total. The Morgan fingerprint density at radius 1 is 1.29 bits per heavy atom. The van der Waals surface area contributed by atoms with Crippen LogP contribution in [0.4, 0.5) is 0 Å². The smallest absolute Gasteiger partial charge is 0.0589 e. The maximum atomic E-state index is 5.09. The zero-order valence-corrected chi connectivity index (χ0v) is 8.70. The van der Waals surface area contributed by atoms with Crippen LogP contribution < -0.4 is 0 Å². The minimum absolute atomic E-state index is 0.835. The lowest BCUT2D eigenvalue weighted by Gasteiger charge is -2.28. The van der Waals surface area contributed by atoms with Crippen molar-refractivity contribution in [1.82, 2.24) is 4.90 Å². The number of benzene rings is 1. The minimum Gasteiger partial charge on any atom is -0.383 e. The quantitative estimate of drug-likeness (QED) is 0.721. The van der Waals surface area contributed by atoms with E-state index in [-0.39, 0.29) is 0 Å². The third kappa shape index (κ3) is 2.14. The second-order valence-corrected chi connectivity index (χ2v) is 3.79. The zero-order chi connectivity index (χ0) is 9.80. The average Bonchev–Trinajstić information content (AvgIpc) is 2.26. The van der Waals surface area contributed by atoms with E-state index in [2.05, 4.69) is 29.2 Å². The molecule has 0 N–H and O–H groups in total. The fraction of sp³-hybridized carbons (Fsp3) is 0.500. The van der Waals surface area contributed by atoms with E-state index in [1.54, 1.807) is 7.11 Å². The van der Waals surface area contributed by atoms with E-state index >= 15 is 0 Å². The lowest BCUT2D eigenvalue weighted by Crippen LogP contribution is -2.33. The van der Waals surface area contributed by atoms with Crippen LogP contribution in [0.25, 0.3) is 0 Å². The van der Waals surface area contributed by atoms with Gasteiger partial charge in [0.25, 0.3) is 0 Å². The average molecular weight is 191 g/mol. The van der Waals surface area contributed by atoms with E-state index in [4.69, 9.17) is 4.74 Å². The van der Waals surface area contributed by atoms with Crippen LogP contribution in [0.1, 0.15) is 11.1 Å². The van der Waals surface area contributed by atoms with Gasteiger partial charge in [-0.2, -0.15) is 0 Å². The first-order valence-electron chi connectivity index (χ1n) is 5.18. The molecule has 2 rings (SSSR count). The molecule has 14 heavy (non-hydrogen) atoms. The van der Waals surface area contributed by atoms with Crippen molar-refractivity contribution in [2.75, 3.05) is 26.8 Å². The number of fused-ring (bicyclic) bond motifs is 1. The summed E-state index contributed by atoms with van der Waals surface area (Å²) in [7, 11) is 1.76. The molecule has 0 unspecified atom stereocenters. The van der Waals surface area contributed by atoms with Crippen LogP contribution in [0.5, 0.6) is 0 Å². The highest BCUT2D eigenvalue weighted by molar-refractivity contribution is 5.28.